The van der Waals surface area contributed by atoms with Gasteiger partial charge in [-0.1, -0.05) is 0 Å². The molecule has 0 spiro atoms. The van der Waals surface area contributed by atoms with Crippen molar-refractivity contribution in [2.24, 2.45) is 0 Å². The van der Waals surface area contributed by atoms with Crippen molar-refractivity contribution in [3.8, 4) is 0 Å². The van der Waals surface area contributed by atoms with Crippen molar-refractivity contribution in [1.82, 2.24) is 9.80 Å². The van der Waals surface area contributed by atoms with Crippen LogP contribution in [0.2, 0.25) is 0 Å². The molecule has 2 rings (SSSR count). The van der Waals surface area contributed by atoms with Gasteiger partial charge in [-0.25, -0.2) is 0 Å². The van der Waals surface area contributed by atoms with Crippen LogP contribution in [-0.4, -0.2) is 59.3 Å². The van der Waals surface area contributed by atoms with Gasteiger partial charge in [0.15, 0.2) is 0 Å². The fraction of sp³-hybridized carbons (Fsp3) is 1.00. The third-order valence-electron chi connectivity index (χ3n) is 3.75. The number of likely N-dealkylation sites (tertiary alicyclic amines) is 2. The third-order valence-corrected chi connectivity index (χ3v) is 3.75. The highest BCUT2D eigenvalue weighted by atomic mass is 16.3. The number of hydrogen-bond acceptors (Lipinski definition) is 3. The minimum atomic E-state index is -0.549. The summed E-state index contributed by atoms with van der Waals surface area (Å²) in [5, 5.41) is 9.87. The summed E-state index contributed by atoms with van der Waals surface area (Å²) in [7, 11) is 0. The Morgan fingerprint density at radius 1 is 1.12 bits per heavy atom. The van der Waals surface area contributed by atoms with E-state index in [1.807, 2.05) is 13.8 Å². The van der Waals surface area contributed by atoms with Crippen molar-refractivity contribution in [1.29, 1.82) is 0 Å². The van der Waals surface area contributed by atoms with Gasteiger partial charge in [-0.15, -0.1) is 0 Å². The average molecular weight is 226 g/mol. The molecule has 0 aliphatic carbocycles. The Morgan fingerprint density at radius 3 is 2.44 bits per heavy atom. The maximum atomic E-state index is 9.87. The Morgan fingerprint density at radius 2 is 1.81 bits per heavy atom. The number of hydrogen-bond donors (Lipinski definition) is 1. The van der Waals surface area contributed by atoms with Crippen LogP contribution in [0.5, 0.6) is 0 Å². The number of nitrogens with zero attached hydrogens (tertiary/aromatic N) is 2. The Hall–Kier alpha value is -0.120. The van der Waals surface area contributed by atoms with Crippen LogP contribution in [0.4, 0.5) is 0 Å². The SMILES string of the molecule is CC(C)(O)CN1CCCC(N2CCCC2)C1. The molecule has 94 valence electrons. The van der Waals surface area contributed by atoms with Crippen molar-refractivity contribution in [3.05, 3.63) is 0 Å². The lowest BCUT2D eigenvalue weighted by molar-refractivity contribution is 0.0144. The molecule has 0 amide bonds. The van der Waals surface area contributed by atoms with Gasteiger partial charge < -0.3 is 5.11 Å². The molecule has 3 nitrogen and oxygen atoms in total. The number of rotatable bonds is 3. The minimum absolute atomic E-state index is 0.549. The first kappa shape index (κ1) is 12.3. The van der Waals surface area contributed by atoms with Crippen LogP contribution in [0.15, 0.2) is 0 Å². The van der Waals surface area contributed by atoms with Gasteiger partial charge in [-0.2, -0.15) is 0 Å². The number of piperidine rings is 1. The van der Waals surface area contributed by atoms with Crippen LogP contribution in [-0.2, 0) is 0 Å². The van der Waals surface area contributed by atoms with Crippen molar-refractivity contribution >= 4 is 0 Å². The Bertz CT molecular complexity index is 218. The van der Waals surface area contributed by atoms with Crippen molar-refractivity contribution in [2.75, 3.05) is 32.7 Å². The van der Waals surface area contributed by atoms with Gasteiger partial charge in [0.1, 0.15) is 0 Å². The highest BCUT2D eigenvalue weighted by molar-refractivity contribution is 4.85. The van der Waals surface area contributed by atoms with E-state index >= 15 is 0 Å². The molecule has 16 heavy (non-hydrogen) atoms. The van der Waals surface area contributed by atoms with E-state index in [1.165, 1.54) is 38.8 Å². The summed E-state index contributed by atoms with van der Waals surface area (Å²) in [5.41, 5.74) is -0.549. The van der Waals surface area contributed by atoms with Gasteiger partial charge in [0.25, 0.3) is 0 Å². The standard InChI is InChI=1S/C13H26N2O/c1-13(2,16)11-14-7-5-6-12(10-14)15-8-3-4-9-15/h12,16H,3-11H2,1-2H3. The van der Waals surface area contributed by atoms with Crippen LogP contribution < -0.4 is 0 Å². The zero-order valence-electron chi connectivity index (χ0n) is 10.8. The topological polar surface area (TPSA) is 26.7 Å². The van der Waals surface area contributed by atoms with Gasteiger partial charge in [-0.3, -0.25) is 9.80 Å². The summed E-state index contributed by atoms with van der Waals surface area (Å²) in [6, 6.07) is 0.749. The summed E-state index contributed by atoms with van der Waals surface area (Å²) in [5.74, 6) is 0. The van der Waals surface area contributed by atoms with Gasteiger partial charge in [0, 0.05) is 19.1 Å². The molecule has 1 unspecified atom stereocenters. The molecule has 0 aromatic rings. The van der Waals surface area contributed by atoms with Crippen LogP contribution in [0.25, 0.3) is 0 Å². The molecule has 2 aliphatic heterocycles. The summed E-state index contributed by atoms with van der Waals surface area (Å²) in [4.78, 5) is 5.09. The maximum Gasteiger partial charge on any atom is 0.0718 e. The zero-order chi connectivity index (χ0) is 11.6. The molecule has 0 aromatic carbocycles. The molecule has 2 aliphatic rings. The molecule has 3 heteroatoms. The van der Waals surface area contributed by atoms with Crippen LogP contribution in [0.1, 0.15) is 39.5 Å². The molecule has 2 saturated heterocycles. The highest BCUT2D eigenvalue weighted by Gasteiger charge is 2.29. The van der Waals surface area contributed by atoms with Crippen molar-refractivity contribution in [3.63, 3.8) is 0 Å². The van der Waals surface area contributed by atoms with Gasteiger partial charge in [0.2, 0.25) is 0 Å². The van der Waals surface area contributed by atoms with Crippen LogP contribution in [0, 0.1) is 0 Å². The second-order valence-electron chi connectivity index (χ2n) is 6.09. The van der Waals surface area contributed by atoms with Crippen molar-refractivity contribution < 1.29 is 5.11 Å². The van der Waals surface area contributed by atoms with E-state index in [1.54, 1.807) is 0 Å². The number of β-amino-alcohol motifs (C(OH)–C–C–N with tert-alkyl or cyclic N) is 1. The fourth-order valence-electron chi connectivity index (χ4n) is 3.13. The first-order valence-electron chi connectivity index (χ1n) is 6.73. The van der Waals surface area contributed by atoms with Gasteiger partial charge in [0.05, 0.1) is 5.60 Å². The predicted octanol–water partition coefficient (Wildman–Crippen LogP) is 1.32. The first-order chi connectivity index (χ1) is 7.54. The number of aliphatic hydroxyl groups is 1. The predicted molar refractivity (Wildman–Crippen MR) is 66.6 cm³/mol. The monoisotopic (exact) mass is 226 g/mol. The van der Waals surface area contributed by atoms with E-state index in [0.29, 0.717) is 0 Å². The van der Waals surface area contributed by atoms with E-state index in [9.17, 15) is 5.11 Å². The second-order valence-corrected chi connectivity index (χ2v) is 6.09. The highest BCUT2D eigenvalue weighted by Crippen LogP contribution is 2.21. The van der Waals surface area contributed by atoms with Crippen LogP contribution >= 0.6 is 0 Å². The third kappa shape index (κ3) is 3.44. The molecule has 1 atom stereocenters. The fourth-order valence-corrected chi connectivity index (χ4v) is 3.13. The summed E-state index contributed by atoms with van der Waals surface area (Å²) in [6.45, 7) is 9.54. The summed E-state index contributed by atoms with van der Waals surface area (Å²) >= 11 is 0. The molecule has 0 saturated carbocycles. The molecule has 0 radical (unpaired) electrons. The average Bonchev–Trinajstić information content (AvgIpc) is 2.68. The van der Waals surface area contributed by atoms with E-state index in [0.717, 1.165) is 25.7 Å². The van der Waals surface area contributed by atoms with Gasteiger partial charge >= 0.3 is 0 Å². The second kappa shape index (κ2) is 5.03. The largest absolute Gasteiger partial charge is 0.389 e. The Labute approximate surface area is 99.4 Å². The van der Waals surface area contributed by atoms with Crippen molar-refractivity contribution in [2.45, 2.75) is 51.2 Å². The lowest BCUT2D eigenvalue weighted by Gasteiger charge is -2.39. The summed E-state index contributed by atoms with van der Waals surface area (Å²) < 4.78 is 0. The molecule has 2 fully saturated rings. The van der Waals surface area contributed by atoms with E-state index in [4.69, 9.17) is 0 Å². The molecule has 0 aromatic heterocycles. The lowest BCUT2D eigenvalue weighted by Crippen LogP contribution is -2.50. The van der Waals surface area contributed by atoms with Crippen LogP contribution in [0.3, 0.4) is 0 Å². The summed E-state index contributed by atoms with van der Waals surface area (Å²) in [6.07, 6.45) is 5.39. The quantitative estimate of drug-likeness (QED) is 0.786. The molecule has 2 heterocycles. The molecular weight excluding hydrogens is 200 g/mol. The molecular formula is C13H26N2O. The van der Waals surface area contributed by atoms with E-state index in [-0.39, 0.29) is 0 Å². The lowest BCUT2D eigenvalue weighted by atomic mass is 10.0. The maximum absolute atomic E-state index is 9.87. The Balaban J connectivity index is 1.83. The normalized spacial score (nSPS) is 29.8. The first-order valence-corrected chi connectivity index (χ1v) is 6.73. The van der Waals surface area contributed by atoms with E-state index in [2.05, 4.69) is 9.80 Å². The minimum Gasteiger partial charge on any atom is -0.389 e. The molecule has 0 bridgehead atoms. The zero-order valence-corrected chi connectivity index (χ0v) is 10.8. The van der Waals surface area contributed by atoms with Gasteiger partial charge in [-0.05, 0) is 59.2 Å². The Kier molecular flexibility index (Phi) is 3.88. The van der Waals surface area contributed by atoms with E-state index < -0.39 is 5.60 Å². The smallest absolute Gasteiger partial charge is 0.0718 e. The molecule has 1 N–H and O–H groups in total.